The largest absolute Gasteiger partial charge is 0.358 e. The Morgan fingerprint density at radius 3 is 2.09 bits per heavy atom. The number of hydrogen-bond acceptors (Lipinski definition) is 3. The molecule has 0 atom stereocenters. The van der Waals surface area contributed by atoms with Crippen LogP contribution in [0.25, 0.3) is 0 Å². The lowest BCUT2D eigenvalue weighted by molar-refractivity contribution is -0.432. The highest BCUT2D eigenvalue weighted by Gasteiger charge is 2.09. The Morgan fingerprint density at radius 1 is 1.55 bits per heavy atom. The van der Waals surface area contributed by atoms with Gasteiger partial charge < -0.3 is 10.1 Å². The molecule has 0 rings (SSSR count). The van der Waals surface area contributed by atoms with Crippen molar-refractivity contribution >= 4 is 0 Å². The van der Waals surface area contributed by atoms with Crippen LogP contribution < -0.4 is 5.32 Å². The predicted molar refractivity (Wildman–Crippen MR) is 43.6 cm³/mol. The second-order valence-corrected chi connectivity index (χ2v) is 2.26. The maximum Gasteiger partial charge on any atom is 0.319 e. The fraction of sp³-hybridized carbons (Fsp3) is 0.429. The molecular weight excluding hydrogens is 144 g/mol. The minimum absolute atomic E-state index is 0.0116. The molecule has 0 bridgehead atoms. The first-order valence-electron chi connectivity index (χ1n) is 3.19. The molecule has 0 aliphatic rings. The summed E-state index contributed by atoms with van der Waals surface area (Å²) in [6.07, 6.45) is 0. The van der Waals surface area contributed by atoms with E-state index < -0.39 is 4.92 Å². The average Bonchev–Trinajstić information content (AvgIpc) is 1.88. The smallest absolute Gasteiger partial charge is 0.319 e. The van der Waals surface area contributed by atoms with Gasteiger partial charge >= 0.3 is 5.82 Å². The third-order valence-corrected chi connectivity index (χ3v) is 1.41. The van der Waals surface area contributed by atoms with E-state index in [1.807, 2.05) is 0 Å². The second-order valence-electron chi connectivity index (χ2n) is 2.26. The first-order valence-corrected chi connectivity index (χ1v) is 3.19. The van der Waals surface area contributed by atoms with Gasteiger partial charge in [-0.2, -0.15) is 0 Å². The topological polar surface area (TPSA) is 55.2 Å². The van der Waals surface area contributed by atoms with Crippen LogP contribution in [0.1, 0.15) is 13.8 Å². The summed E-state index contributed by atoms with van der Waals surface area (Å²) in [7, 11) is 1.52. The molecule has 0 aromatic heterocycles. The summed E-state index contributed by atoms with van der Waals surface area (Å²) in [4.78, 5) is 9.87. The lowest BCUT2D eigenvalue weighted by Gasteiger charge is -2.03. The van der Waals surface area contributed by atoms with Crippen LogP contribution in [0.3, 0.4) is 0 Å². The SMILES string of the molecule is C=C(C)/C(C)=C(\NC)[N+](=O)[O-]. The van der Waals surface area contributed by atoms with Crippen molar-refractivity contribution in [1.29, 1.82) is 0 Å². The fourth-order valence-electron chi connectivity index (χ4n) is 0.618. The minimum atomic E-state index is -0.454. The van der Waals surface area contributed by atoms with E-state index in [0.29, 0.717) is 11.1 Å². The predicted octanol–water partition coefficient (Wildman–Crippen LogP) is 1.29. The van der Waals surface area contributed by atoms with Crippen molar-refractivity contribution < 1.29 is 4.92 Å². The van der Waals surface area contributed by atoms with Crippen LogP contribution in [0.15, 0.2) is 23.5 Å². The van der Waals surface area contributed by atoms with E-state index in [0.717, 1.165) is 0 Å². The van der Waals surface area contributed by atoms with Crippen molar-refractivity contribution in [2.24, 2.45) is 0 Å². The van der Waals surface area contributed by atoms with Gasteiger partial charge in [0.25, 0.3) is 0 Å². The maximum atomic E-state index is 10.3. The normalized spacial score (nSPS) is 11.9. The molecule has 0 aromatic carbocycles. The fourth-order valence-corrected chi connectivity index (χ4v) is 0.618. The van der Waals surface area contributed by atoms with E-state index in [1.54, 1.807) is 13.8 Å². The van der Waals surface area contributed by atoms with Crippen molar-refractivity contribution in [1.82, 2.24) is 5.32 Å². The number of allylic oxidation sites excluding steroid dienone is 2. The molecule has 0 aliphatic carbocycles. The summed E-state index contributed by atoms with van der Waals surface area (Å²) in [6, 6.07) is 0. The summed E-state index contributed by atoms with van der Waals surface area (Å²) in [6.45, 7) is 7.00. The highest BCUT2D eigenvalue weighted by atomic mass is 16.6. The molecule has 0 unspecified atom stereocenters. The average molecular weight is 156 g/mol. The quantitative estimate of drug-likeness (QED) is 0.380. The maximum absolute atomic E-state index is 10.3. The summed E-state index contributed by atoms with van der Waals surface area (Å²) in [5.41, 5.74) is 1.28. The molecule has 0 aliphatic heterocycles. The first-order chi connectivity index (χ1) is 5.00. The number of nitrogens with zero attached hydrogens (tertiary/aromatic N) is 1. The lowest BCUT2D eigenvalue weighted by Crippen LogP contribution is -2.16. The van der Waals surface area contributed by atoms with Crippen LogP contribution in [0.4, 0.5) is 0 Å². The summed E-state index contributed by atoms with van der Waals surface area (Å²) < 4.78 is 0. The second kappa shape index (κ2) is 3.75. The molecule has 4 heteroatoms. The van der Waals surface area contributed by atoms with Crippen molar-refractivity contribution in [3.63, 3.8) is 0 Å². The minimum Gasteiger partial charge on any atom is -0.358 e. The van der Waals surface area contributed by atoms with Gasteiger partial charge in [-0.05, 0) is 24.3 Å². The molecule has 0 aromatic rings. The van der Waals surface area contributed by atoms with Crippen molar-refractivity contribution in [3.8, 4) is 0 Å². The van der Waals surface area contributed by atoms with Crippen LogP contribution in [0.2, 0.25) is 0 Å². The third kappa shape index (κ3) is 2.41. The van der Waals surface area contributed by atoms with Crippen molar-refractivity contribution in [2.75, 3.05) is 7.05 Å². The molecule has 0 saturated carbocycles. The van der Waals surface area contributed by atoms with E-state index >= 15 is 0 Å². The zero-order chi connectivity index (χ0) is 9.02. The molecule has 62 valence electrons. The van der Waals surface area contributed by atoms with Gasteiger partial charge in [-0.15, -0.1) is 0 Å². The van der Waals surface area contributed by atoms with Crippen LogP contribution in [-0.2, 0) is 0 Å². The molecule has 1 N–H and O–H groups in total. The third-order valence-electron chi connectivity index (χ3n) is 1.41. The van der Waals surface area contributed by atoms with E-state index in [2.05, 4.69) is 11.9 Å². The van der Waals surface area contributed by atoms with E-state index in [4.69, 9.17) is 0 Å². The first kappa shape index (κ1) is 9.68. The van der Waals surface area contributed by atoms with Gasteiger partial charge in [-0.3, -0.25) is 5.32 Å². The van der Waals surface area contributed by atoms with Gasteiger partial charge in [0.2, 0.25) is 0 Å². The molecule has 11 heavy (non-hydrogen) atoms. The van der Waals surface area contributed by atoms with Gasteiger partial charge in [-0.25, -0.2) is 0 Å². The Hall–Kier alpha value is -1.32. The van der Waals surface area contributed by atoms with Crippen LogP contribution in [0.5, 0.6) is 0 Å². The lowest BCUT2D eigenvalue weighted by atomic mass is 10.1. The van der Waals surface area contributed by atoms with Crippen LogP contribution in [0, 0.1) is 10.1 Å². The van der Waals surface area contributed by atoms with Crippen LogP contribution >= 0.6 is 0 Å². The van der Waals surface area contributed by atoms with E-state index in [1.165, 1.54) is 7.05 Å². The highest BCUT2D eigenvalue weighted by molar-refractivity contribution is 5.25. The summed E-state index contributed by atoms with van der Waals surface area (Å²) in [5.74, 6) is 0.0116. The van der Waals surface area contributed by atoms with Gasteiger partial charge in [-0.1, -0.05) is 6.58 Å². The summed E-state index contributed by atoms with van der Waals surface area (Å²) in [5, 5.41) is 12.8. The molecule has 0 heterocycles. The zero-order valence-electron chi connectivity index (χ0n) is 6.97. The van der Waals surface area contributed by atoms with E-state index in [-0.39, 0.29) is 5.82 Å². The highest BCUT2D eigenvalue weighted by Crippen LogP contribution is 2.09. The molecular formula is C7H12N2O2. The van der Waals surface area contributed by atoms with Gasteiger partial charge in [0.05, 0.1) is 7.05 Å². The van der Waals surface area contributed by atoms with Crippen LogP contribution in [-0.4, -0.2) is 12.0 Å². The zero-order valence-corrected chi connectivity index (χ0v) is 6.97. The Morgan fingerprint density at radius 2 is 2.00 bits per heavy atom. The van der Waals surface area contributed by atoms with Gasteiger partial charge in [0.15, 0.2) is 0 Å². The molecule has 0 radical (unpaired) electrons. The van der Waals surface area contributed by atoms with Crippen molar-refractivity contribution in [3.05, 3.63) is 33.7 Å². The van der Waals surface area contributed by atoms with Gasteiger partial charge in [0, 0.05) is 5.57 Å². The molecule has 0 saturated heterocycles. The molecule has 0 spiro atoms. The number of nitro groups is 1. The van der Waals surface area contributed by atoms with Crippen molar-refractivity contribution in [2.45, 2.75) is 13.8 Å². The van der Waals surface area contributed by atoms with Gasteiger partial charge in [0.1, 0.15) is 0 Å². The Kier molecular flexibility index (Phi) is 3.30. The van der Waals surface area contributed by atoms with E-state index in [9.17, 15) is 10.1 Å². The Labute approximate surface area is 65.8 Å². The number of hydrogen-bond donors (Lipinski definition) is 1. The monoisotopic (exact) mass is 156 g/mol. The molecule has 0 fully saturated rings. The summed E-state index contributed by atoms with van der Waals surface area (Å²) >= 11 is 0. The number of nitrogens with one attached hydrogen (secondary N) is 1. The molecule has 4 nitrogen and oxygen atoms in total. The molecule has 0 amide bonds. The Balaban J connectivity index is 4.83. The standard InChI is InChI=1S/C7H12N2O2/c1-5(2)6(3)7(8-4)9(10)11/h8H,1H2,2-4H3/b7-6+. The Bertz CT molecular complexity index is 218. The number of rotatable bonds is 3.